The molecule has 0 unspecified atom stereocenters. The zero-order valence-electron chi connectivity index (χ0n) is 12.3. The number of hydrogen-bond acceptors (Lipinski definition) is 4. The van der Waals surface area contributed by atoms with Crippen molar-refractivity contribution in [1.29, 1.82) is 0 Å². The normalized spacial score (nSPS) is 10.6. The predicted octanol–water partition coefficient (Wildman–Crippen LogP) is 3.88. The van der Waals surface area contributed by atoms with Gasteiger partial charge in [-0.2, -0.15) is 0 Å². The van der Waals surface area contributed by atoms with Crippen molar-refractivity contribution in [2.75, 3.05) is 17.8 Å². The highest BCUT2D eigenvalue weighted by molar-refractivity contribution is 5.91. The van der Waals surface area contributed by atoms with Crippen LogP contribution in [0.25, 0.3) is 10.8 Å². The molecule has 0 aromatic heterocycles. The van der Waals surface area contributed by atoms with Crippen molar-refractivity contribution in [1.82, 2.24) is 0 Å². The van der Waals surface area contributed by atoms with Gasteiger partial charge in [-0.05, 0) is 66.4 Å². The van der Waals surface area contributed by atoms with Gasteiger partial charge in [-0.15, -0.1) is 0 Å². The van der Waals surface area contributed by atoms with Crippen molar-refractivity contribution in [3.63, 3.8) is 0 Å². The van der Waals surface area contributed by atoms with E-state index >= 15 is 0 Å². The van der Waals surface area contributed by atoms with Gasteiger partial charge in [0.1, 0.15) is 11.5 Å². The first kappa shape index (κ1) is 14.1. The fourth-order valence-corrected chi connectivity index (χ4v) is 2.37. The van der Waals surface area contributed by atoms with Crippen LogP contribution in [0.1, 0.15) is 5.56 Å². The van der Waals surface area contributed by atoms with Crippen LogP contribution in [0.4, 0.5) is 11.4 Å². The molecule has 4 heteroatoms. The maximum Gasteiger partial charge on any atom is 0.159 e. The molecule has 112 valence electrons. The average molecular weight is 294 g/mol. The number of phenols is 1. The predicted molar refractivity (Wildman–Crippen MR) is 90.3 cm³/mol. The molecule has 0 saturated heterocycles. The van der Waals surface area contributed by atoms with Gasteiger partial charge >= 0.3 is 0 Å². The van der Waals surface area contributed by atoms with Gasteiger partial charge in [-0.1, -0.05) is 6.07 Å². The number of fused-ring (bicyclic) bond motifs is 1. The Morgan fingerprint density at radius 3 is 2.59 bits per heavy atom. The SMILES string of the molecule is Cc1cc(O)c2ccc(NCOc3ccc(N)cc3)cc2c1. The van der Waals surface area contributed by atoms with Gasteiger partial charge in [0.25, 0.3) is 0 Å². The fourth-order valence-electron chi connectivity index (χ4n) is 2.37. The molecule has 0 aliphatic heterocycles. The van der Waals surface area contributed by atoms with Crippen LogP contribution < -0.4 is 15.8 Å². The van der Waals surface area contributed by atoms with Crippen LogP contribution in [0.2, 0.25) is 0 Å². The van der Waals surface area contributed by atoms with E-state index in [9.17, 15) is 5.11 Å². The Balaban J connectivity index is 1.70. The third-order valence-corrected chi connectivity index (χ3v) is 3.47. The van der Waals surface area contributed by atoms with Crippen molar-refractivity contribution in [3.8, 4) is 11.5 Å². The molecule has 4 N–H and O–H groups in total. The molecule has 0 aliphatic rings. The minimum atomic E-state index is 0.305. The van der Waals surface area contributed by atoms with Crippen LogP contribution >= 0.6 is 0 Å². The monoisotopic (exact) mass is 294 g/mol. The van der Waals surface area contributed by atoms with Crippen molar-refractivity contribution in [2.45, 2.75) is 6.92 Å². The van der Waals surface area contributed by atoms with E-state index in [4.69, 9.17) is 10.5 Å². The average Bonchev–Trinajstić information content (AvgIpc) is 2.49. The molecule has 0 amide bonds. The first-order chi connectivity index (χ1) is 10.6. The third-order valence-electron chi connectivity index (χ3n) is 3.47. The molecule has 0 atom stereocenters. The Labute approximate surface area is 129 Å². The minimum absolute atomic E-state index is 0.305. The van der Waals surface area contributed by atoms with E-state index in [1.54, 1.807) is 18.2 Å². The summed E-state index contributed by atoms with van der Waals surface area (Å²) in [7, 11) is 0. The Morgan fingerprint density at radius 1 is 1.05 bits per heavy atom. The standard InChI is InChI=1S/C18H18N2O2/c1-12-8-13-10-15(4-7-17(13)18(21)9-12)20-11-22-16-5-2-14(19)3-6-16/h2-10,20-21H,11,19H2,1H3. The van der Waals surface area contributed by atoms with E-state index in [1.807, 2.05) is 43.3 Å². The number of anilines is 2. The van der Waals surface area contributed by atoms with Crippen LogP contribution in [-0.4, -0.2) is 11.8 Å². The van der Waals surface area contributed by atoms with E-state index in [-0.39, 0.29) is 0 Å². The van der Waals surface area contributed by atoms with Crippen LogP contribution in [0.3, 0.4) is 0 Å². The summed E-state index contributed by atoms with van der Waals surface area (Å²) in [6, 6.07) is 16.9. The number of aromatic hydroxyl groups is 1. The number of benzene rings is 3. The Morgan fingerprint density at radius 2 is 1.82 bits per heavy atom. The number of nitrogen functional groups attached to an aromatic ring is 1. The molecule has 3 aromatic carbocycles. The summed E-state index contributed by atoms with van der Waals surface area (Å²) in [6.07, 6.45) is 0. The highest BCUT2D eigenvalue weighted by Gasteiger charge is 2.02. The van der Waals surface area contributed by atoms with Crippen LogP contribution in [0.5, 0.6) is 11.5 Å². The van der Waals surface area contributed by atoms with Crippen molar-refractivity contribution in [2.24, 2.45) is 0 Å². The zero-order valence-corrected chi connectivity index (χ0v) is 12.3. The van der Waals surface area contributed by atoms with E-state index < -0.39 is 0 Å². The largest absolute Gasteiger partial charge is 0.507 e. The van der Waals surface area contributed by atoms with Gasteiger partial charge in [0.15, 0.2) is 6.73 Å². The lowest BCUT2D eigenvalue weighted by Gasteiger charge is -2.11. The molecule has 0 radical (unpaired) electrons. The summed E-state index contributed by atoms with van der Waals surface area (Å²) in [5, 5.41) is 15.0. The maximum atomic E-state index is 9.93. The topological polar surface area (TPSA) is 67.5 Å². The second-order valence-electron chi connectivity index (χ2n) is 5.25. The highest BCUT2D eigenvalue weighted by atomic mass is 16.5. The Kier molecular flexibility index (Phi) is 3.74. The number of nitrogens with one attached hydrogen (secondary N) is 1. The quantitative estimate of drug-likeness (QED) is 0.504. The van der Waals surface area contributed by atoms with Crippen LogP contribution in [0, 0.1) is 6.92 Å². The molecule has 22 heavy (non-hydrogen) atoms. The first-order valence-corrected chi connectivity index (χ1v) is 7.07. The highest BCUT2D eigenvalue weighted by Crippen LogP contribution is 2.28. The number of rotatable bonds is 4. The summed E-state index contributed by atoms with van der Waals surface area (Å²) < 4.78 is 5.61. The smallest absolute Gasteiger partial charge is 0.159 e. The Hall–Kier alpha value is -2.88. The van der Waals surface area contributed by atoms with Gasteiger partial charge in [-0.25, -0.2) is 0 Å². The lowest BCUT2D eigenvalue weighted by Crippen LogP contribution is -2.08. The van der Waals surface area contributed by atoms with Gasteiger partial charge in [0.05, 0.1) is 0 Å². The van der Waals surface area contributed by atoms with E-state index in [0.717, 1.165) is 27.8 Å². The van der Waals surface area contributed by atoms with E-state index in [0.29, 0.717) is 18.2 Å². The molecule has 0 fully saturated rings. The molecule has 0 aliphatic carbocycles. The lowest BCUT2D eigenvalue weighted by molar-refractivity contribution is 0.347. The van der Waals surface area contributed by atoms with Gasteiger partial charge in [-0.3, -0.25) is 0 Å². The summed E-state index contributed by atoms with van der Waals surface area (Å²) >= 11 is 0. The fraction of sp³-hybridized carbons (Fsp3) is 0.111. The molecule has 0 spiro atoms. The summed E-state index contributed by atoms with van der Waals surface area (Å²) in [4.78, 5) is 0. The number of aryl methyl sites for hydroxylation is 1. The second kappa shape index (κ2) is 5.85. The van der Waals surface area contributed by atoms with Crippen LogP contribution in [0.15, 0.2) is 54.6 Å². The lowest BCUT2D eigenvalue weighted by atomic mass is 10.1. The molecular formula is C18H18N2O2. The van der Waals surface area contributed by atoms with Crippen molar-refractivity contribution in [3.05, 3.63) is 60.2 Å². The molecule has 3 rings (SSSR count). The van der Waals surface area contributed by atoms with Gasteiger partial charge in [0.2, 0.25) is 0 Å². The molecule has 4 nitrogen and oxygen atoms in total. The third kappa shape index (κ3) is 3.06. The number of nitrogens with two attached hydrogens (primary N) is 1. The molecule has 0 bridgehead atoms. The van der Waals surface area contributed by atoms with E-state index in [2.05, 4.69) is 5.32 Å². The number of ether oxygens (including phenoxy) is 1. The van der Waals surface area contributed by atoms with E-state index in [1.165, 1.54) is 0 Å². The number of hydrogen-bond donors (Lipinski definition) is 3. The summed E-state index contributed by atoms with van der Waals surface area (Å²) in [6.45, 7) is 2.32. The zero-order chi connectivity index (χ0) is 15.5. The summed E-state index contributed by atoms with van der Waals surface area (Å²) in [5.41, 5.74) is 8.31. The Bertz CT molecular complexity index is 798. The van der Waals surface area contributed by atoms with Crippen molar-refractivity contribution >= 4 is 22.1 Å². The molecule has 0 heterocycles. The molecule has 3 aromatic rings. The maximum absolute atomic E-state index is 9.93. The van der Waals surface area contributed by atoms with Gasteiger partial charge < -0.3 is 20.9 Å². The number of phenolic OH excluding ortho intramolecular Hbond substituents is 1. The van der Waals surface area contributed by atoms with Crippen LogP contribution in [-0.2, 0) is 0 Å². The van der Waals surface area contributed by atoms with Gasteiger partial charge in [0, 0.05) is 16.8 Å². The second-order valence-corrected chi connectivity index (χ2v) is 5.25. The molecular weight excluding hydrogens is 276 g/mol. The minimum Gasteiger partial charge on any atom is -0.507 e. The van der Waals surface area contributed by atoms with Crippen molar-refractivity contribution < 1.29 is 9.84 Å². The first-order valence-electron chi connectivity index (χ1n) is 7.07. The molecule has 0 saturated carbocycles. The summed E-state index contributed by atoms with van der Waals surface area (Å²) in [5.74, 6) is 1.07.